The molecule has 0 spiro atoms. The van der Waals surface area contributed by atoms with Crippen molar-refractivity contribution in [1.29, 1.82) is 0 Å². The van der Waals surface area contributed by atoms with Crippen molar-refractivity contribution in [1.82, 2.24) is 4.73 Å². The molecule has 3 rings (SSSR count). The van der Waals surface area contributed by atoms with Crippen molar-refractivity contribution < 1.29 is 19.1 Å². The zero-order chi connectivity index (χ0) is 19.4. The number of esters is 1. The predicted octanol–water partition coefficient (Wildman–Crippen LogP) is 3.51. The van der Waals surface area contributed by atoms with Gasteiger partial charge in [0.05, 0.1) is 19.2 Å². The van der Waals surface area contributed by atoms with Gasteiger partial charge in [0.1, 0.15) is 17.9 Å². The molecule has 0 aliphatic rings. The molecule has 0 bridgehead atoms. The van der Waals surface area contributed by atoms with Gasteiger partial charge < -0.3 is 20.0 Å². The number of ether oxygens (including phenoxy) is 2. The lowest BCUT2D eigenvalue weighted by atomic mass is 10.1. The number of halogens is 2. The Balaban J connectivity index is 0.00000280. The van der Waals surface area contributed by atoms with Crippen LogP contribution in [0.3, 0.4) is 0 Å². The normalized spacial score (nSPS) is 11.6. The summed E-state index contributed by atoms with van der Waals surface area (Å²) in [4.78, 5) is 18.0. The van der Waals surface area contributed by atoms with Gasteiger partial charge in [0, 0.05) is 11.4 Å². The highest BCUT2D eigenvalue weighted by Gasteiger charge is 2.20. The topological polar surface area (TPSA) is 75.7 Å². The quantitative estimate of drug-likeness (QED) is 0.587. The summed E-state index contributed by atoms with van der Waals surface area (Å²) in [6.45, 7) is 0.199. The maximum absolute atomic E-state index is 12.1. The first-order valence-corrected chi connectivity index (χ1v) is 8.81. The van der Waals surface area contributed by atoms with Gasteiger partial charge >= 0.3 is 5.97 Å². The average molecular weight is 425 g/mol. The first-order chi connectivity index (χ1) is 13.0. The molecular weight excluding hydrogens is 403 g/mol. The van der Waals surface area contributed by atoms with Crippen LogP contribution in [0, 0.1) is 0 Å². The van der Waals surface area contributed by atoms with Crippen LogP contribution >= 0.6 is 24.0 Å². The number of hydrogen-bond donors (Lipinski definition) is 1. The van der Waals surface area contributed by atoms with Crippen molar-refractivity contribution in [3.05, 3.63) is 64.8 Å². The summed E-state index contributed by atoms with van der Waals surface area (Å²) in [6.07, 6.45) is 0.616. The first-order valence-electron chi connectivity index (χ1n) is 8.43. The molecule has 3 aromatic rings. The lowest BCUT2D eigenvalue weighted by Gasteiger charge is -2.16. The maximum atomic E-state index is 12.1. The van der Waals surface area contributed by atoms with Crippen molar-refractivity contribution in [3.63, 3.8) is 0 Å². The largest absolute Gasteiger partial charge is 0.497 e. The number of nitrogens with two attached hydrogens (primary N) is 1. The monoisotopic (exact) mass is 424 g/mol. The second-order valence-electron chi connectivity index (χ2n) is 6.10. The van der Waals surface area contributed by atoms with Gasteiger partial charge in [0.2, 0.25) is 0 Å². The molecule has 1 atom stereocenters. The van der Waals surface area contributed by atoms with E-state index in [1.54, 1.807) is 19.2 Å². The van der Waals surface area contributed by atoms with Crippen LogP contribution < -0.4 is 15.3 Å². The molecule has 8 heteroatoms. The number of aromatic nitrogens is 1. The number of hydrogen-bond acceptors (Lipinski definition) is 5. The van der Waals surface area contributed by atoms with Gasteiger partial charge in [-0.1, -0.05) is 35.9 Å². The van der Waals surface area contributed by atoms with E-state index in [2.05, 4.69) is 0 Å². The summed E-state index contributed by atoms with van der Waals surface area (Å²) in [5.74, 6) is 0.283. The van der Waals surface area contributed by atoms with Crippen molar-refractivity contribution in [2.75, 3.05) is 20.8 Å². The van der Waals surface area contributed by atoms with E-state index in [0.717, 1.165) is 16.7 Å². The number of carbonyl (C=O) groups is 1. The zero-order valence-corrected chi connectivity index (χ0v) is 17.1. The fourth-order valence-corrected chi connectivity index (χ4v) is 3.12. The minimum atomic E-state index is -0.508. The third kappa shape index (κ3) is 4.70. The number of fused-ring (bicyclic) bond motifs is 1. The van der Waals surface area contributed by atoms with Gasteiger partial charge in [-0.2, -0.15) is 4.73 Å². The van der Waals surface area contributed by atoms with E-state index in [0.29, 0.717) is 17.0 Å². The Morgan fingerprint density at radius 3 is 2.54 bits per heavy atom. The first kappa shape index (κ1) is 21.9. The van der Waals surface area contributed by atoms with Crippen molar-refractivity contribution in [2.24, 2.45) is 5.73 Å². The van der Waals surface area contributed by atoms with Crippen LogP contribution in [0.15, 0.2) is 48.5 Å². The number of nitrogens with zero attached hydrogens (tertiary/aromatic N) is 1. The molecule has 0 radical (unpaired) electrons. The summed E-state index contributed by atoms with van der Waals surface area (Å²) in [6, 6.07) is 14.5. The summed E-state index contributed by atoms with van der Waals surface area (Å²) in [5.41, 5.74) is 8.15. The lowest BCUT2D eigenvalue weighted by Crippen LogP contribution is -2.34. The number of para-hydroxylation sites is 1. The van der Waals surface area contributed by atoms with Crippen molar-refractivity contribution in [2.45, 2.75) is 12.5 Å². The molecule has 0 aliphatic heterocycles. The van der Waals surface area contributed by atoms with E-state index in [4.69, 9.17) is 31.6 Å². The number of benzene rings is 2. The third-order valence-electron chi connectivity index (χ3n) is 4.20. The summed E-state index contributed by atoms with van der Waals surface area (Å²) in [5, 5.41) is 1.26. The average Bonchev–Trinajstić information content (AvgIpc) is 3.06. The molecular formula is C20H22Cl2N2O4. The van der Waals surface area contributed by atoms with Crippen LogP contribution in [0.4, 0.5) is 0 Å². The van der Waals surface area contributed by atoms with Gasteiger partial charge in [-0.25, -0.2) is 4.79 Å². The molecule has 6 nitrogen and oxygen atoms in total. The molecule has 0 amide bonds. The SMILES string of the molecule is COC(=O)c1cc2cccc(Cl)c2n1OCC(N)Cc1ccc(OC)cc1.Cl. The number of carbonyl (C=O) groups excluding carboxylic acids is 1. The van der Waals surface area contributed by atoms with Gasteiger partial charge in [-0.15, -0.1) is 12.4 Å². The van der Waals surface area contributed by atoms with E-state index in [1.165, 1.54) is 11.8 Å². The van der Waals surface area contributed by atoms with Crippen molar-refractivity contribution >= 4 is 40.9 Å². The maximum Gasteiger partial charge on any atom is 0.358 e. The fourth-order valence-electron chi connectivity index (χ4n) is 2.86. The molecule has 1 heterocycles. The van der Waals surface area contributed by atoms with E-state index < -0.39 is 5.97 Å². The van der Waals surface area contributed by atoms with Crippen LogP contribution in [0.25, 0.3) is 10.9 Å². The Morgan fingerprint density at radius 2 is 1.89 bits per heavy atom. The molecule has 1 unspecified atom stereocenters. The smallest absolute Gasteiger partial charge is 0.358 e. The van der Waals surface area contributed by atoms with Gasteiger partial charge in [-0.05, 0) is 36.2 Å². The molecule has 1 aromatic heterocycles. The van der Waals surface area contributed by atoms with Crippen LogP contribution in [0.1, 0.15) is 16.1 Å². The molecule has 2 N–H and O–H groups in total. The molecule has 0 saturated heterocycles. The fraction of sp³-hybridized carbons (Fsp3) is 0.250. The highest BCUT2D eigenvalue weighted by molar-refractivity contribution is 6.35. The summed E-state index contributed by atoms with van der Waals surface area (Å²) >= 11 is 6.30. The van der Waals surface area contributed by atoms with Crippen LogP contribution in [-0.2, 0) is 11.2 Å². The van der Waals surface area contributed by atoms with Gasteiger partial charge in [-0.3, -0.25) is 0 Å². The minimum Gasteiger partial charge on any atom is -0.497 e. The highest BCUT2D eigenvalue weighted by atomic mass is 35.5. The Labute approximate surface area is 174 Å². The third-order valence-corrected chi connectivity index (χ3v) is 4.51. The molecule has 0 aliphatic carbocycles. The standard InChI is InChI=1S/C20H21ClN2O4.ClH/c1-25-16-8-6-13(7-9-16)10-15(22)12-27-23-18(20(24)26-2)11-14-4-3-5-17(21)19(14)23;/h3-9,11,15H,10,12,22H2,1-2H3;1H. The highest BCUT2D eigenvalue weighted by Crippen LogP contribution is 2.26. The Morgan fingerprint density at radius 1 is 1.18 bits per heavy atom. The Kier molecular flexibility index (Phi) is 7.57. The summed E-state index contributed by atoms with van der Waals surface area (Å²) in [7, 11) is 2.95. The minimum absolute atomic E-state index is 0. The van der Waals surface area contributed by atoms with E-state index in [9.17, 15) is 4.79 Å². The van der Waals surface area contributed by atoms with Crippen molar-refractivity contribution in [3.8, 4) is 5.75 Å². The lowest BCUT2D eigenvalue weighted by molar-refractivity contribution is 0.0508. The zero-order valence-electron chi connectivity index (χ0n) is 15.6. The molecule has 0 fully saturated rings. The Hall–Kier alpha value is -2.41. The van der Waals surface area contributed by atoms with E-state index in [-0.39, 0.29) is 30.7 Å². The molecule has 28 heavy (non-hydrogen) atoms. The Bertz CT molecular complexity index is 941. The molecule has 2 aromatic carbocycles. The summed E-state index contributed by atoms with van der Waals surface area (Å²) < 4.78 is 11.4. The van der Waals surface area contributed by atoms with Crippen LogP contribution in [0.5, 0.6) is 5.75 Å². The second kappa shape index (κ2) is 9.68. The predicted molar refractivity (Wildman–Crippen MR) is 112 cm³/mol. The number of rotatable bonds is 7. The molecule has 0 saturated carbocycles. The van der Waals surface area contributed by atoms with Crippen LogP contribution in [0.2, 0.25) is 5.02 Å². The van der Waals surface area contributed by atoms with E-state index in [1.807, 2.05) is 36.4 Å². The molecule has 150 valence electrons. The number of methoxy groups -OCH3 is 2. The van der Waals surface area contributed by atoms with Gasteiger partial charge in [0.15, 0.2) is 5.69 Å². The second-order valence-corrected chi connectivity index (χ2v) is 6.51. The van der Waals surface area contributed by atoms with Crippen LogP contribution in [-0.4, -0.2) is 37.6 Å². The van der Waals surface area contributed by atoms with Gasteiger partial charge in [0.25, 0.3) is 0 Å². The van der Waals surface area contributed by atoms with E-state index >= 15 is 0 Å².